The van der Waals surface area contributed by atoms with Gasteiger partial charge in [-0.2, -0.15) is 0 Å². The van der Waals surface area contributed by atoms with Crippen molar-refractivity contribution in [1.29, 1.82) is 0 Å². The largest absolute Gasteiger partial charge is 0.493 e. The van der Waals surface area contributed by atoms with E-state index < -0.39 is 0 Å². The van der Waals surface area contributed by atoms with E-state index in [9.17, 15) is 0 Å². The van der Waals surface area contributed by atoms with Gasteiger partial charge in [-0.15, -0.1) is 0 Å². The van der Waals surface area contributed by atoms with Crippen LogP contribution in [0.1, 0.15) is 25.8 Å². The minimum absolute atomic E-state index is 0.241. The molecule has 0 saturated heterocycles. The van der Waals surface area contributed by atoms with Gasteiger partial charge in [0.05, 0.1) is 18.2 Å². The first-order valence-electron chi connectivity index (χ1n) is 6.93. The Bertz CT molecular complexity index is 412. The molecule has 0 aliphatic rings. The molecule has 0 spiro atoms. The fourth-order valence-corrected chi connectivity index (χ4v) is 2.55. The number of ether oxygens (including phenoxy) is 2. The SMILES string of the molecule is CCOc1c(Br)cc(CNCC(C)CCO)cc1OC. The van der Waals surface area contributed by atoms with E-state index in [0.717, 1.165) is 41.0 Å². The van der Waals surface area contributed by atoms with Gasteiger partial charge in [0.2, 0.25) is 0 Å². The molecule has 1 rings (SSSR count). The number of aliphatic hydroxyl groups excluding tert-OH is 1. The van der Waals surface area contributed by atoms with Gasteiger partial charge in [0, 0.05) is 13.2 Å². The van der Waals surface area contributed by atoms with Gasteiger partial charge in [-0.1, -0.05) is 6.92 Å². The second kappa shape index (κ2) is 9.21. The maximum atomic E-state index is 8.87. The van der Waals surface area contributed by atoms with Gasteiger partial charge in [-0.3, -0.25) is 0 Å². The lowest BCUT2D eigenvalue weighted by atomic mass is 10.1. The van der Waals surface area contributed by atoms with Gasteiger partial charge >= 0.3 is 0 Å². The van der Waals surface area contributed by atoms with Gasteiger partial charge in [0.25, 0.3) is 0 Å². The monoisotopic (exact) mass is 345 g/mol. The predicted octanol–water partition coefficient (Wildman–Crippen LogP) is 2.96. The average molecular weight is 346 g/mol. The van der Waals surface area contributed by atoms with Crippen molar-refractivity contribution >= 4 is 15.9 Å². The van der Waals surface area contributed by atoms with Crippen LogP contribution < -0.4 is 14.8 Å². The first-order valence-corrected chi connectivity index (χ1v) is 7.72. The first kappa shape index (κ1) is 17.3. The molecule has 0 aromatic heterocycles. The molecule has 5 heteroatoms. The molecule has 0 bridgehead atoms. The van der Waals surface area contributed by atoms with Crippen LogP contribution in [0.4, 0.5) is 0 Å². The number of rotatable bonds is 9. The zero-order chi connectivity index (χ0) is 15.0. The van der Waals surface area contributed by atoms with E-state index in [-0.39, 0.29) is 6.61 Å². The quantitative estimate of drug-likeness (QED) is 0.722. The molecule has 2 N–H and O–H groups in total. The fourth-order valence-electron chi connectivity index (χ4n) is 1.95. The van der Waals surface area contributed by atoms with E-state index in [1.807, 2.05) is 19.1 Å². The summed E-state index contributed by atoms with van der Waals surface area (Å²) >= 11 is 3.52. The molecular weight excluding hydrogens is 322 g/mol. The second-order valence-corrected chi connectivity index (χ2v) is 5.64. The van der Waals surface area contributed by atoms with E-state index in [4.69, 9.17) is 14.6 Å². The van der Waals surface area contributed by atoms with E-state index in [1.54, 1.807) is 7.11 Å². The first-order chi connectivity index (χ1) is 9.62. The van der Waals surface area contributed by atoms with Crippen molar-refractivity contribution < 1.29 is 14.6 Å². The Morgan fingerprint density at radius 1 is 1.40 bits per heavy atom. The molecule has 20 heavy (non-hydrogen) atoms. The standard InChI is InChI=1S/C15H24BrNO3/c1-4-20-15-13(16)7-12(8-14(15)19-3)10-17-9-11(2)5-6-18/h7-8,11,17-18H,4-6,9-10H2,1-3H3. The summed E-state index contributed by atoms with van der Waals surface area (Å²) in [6.45, 7) is 6.56. The summed E-state index contributed by atoms with van der Waals surface area (Å²) in [5.74, 6) is 1.95. The summed E-state index contributed by atoms with van der Waals surface area (Å²) in [7, 11) is 1.64. The molecule has 1 aromatic rings. The third-order valence-electron chi connectivity index (χ3n) is 3.02. The lowest BCUT2D eigenvalue weighted by molar-refractivity contribution is 0.260. The molecule has 0 amide bonds. The summed E-state index contributed by atoms with van der Waals surface area (Å²) in [4.78, 5) is 0. The zero-order valence-electron chi connectivity index (χ0n) is 12.4. The maximum Gasteiger partial charge on any atom is 0.175 e. The second-order valence-electron chi connectivity index (χ2n) is 4.79. The summed E-state index contributed by atoms with van der Waals surface area (Å²) in [5, 5.41) is 12.3. The minimum atomic E-state index is 0.241. The summed E-state index contributed by atoms with van der Waals surface area (Å²) in [6, 6.07) is 4.02. The Kier molecular flexibility index (Phi) is 7.95. The Balaban J connectivity index is 2.65. The third-order valence-corrected chi connectivity index (χ3v) is 3.61. The smallest absolute Gasteiger partial charge is 0.175 e. The Morgan fingerprint density at radius 3 is 2.75 bits per heavy atom. The number of hydrogen-bond acceptors (Lipinski definition) is 4. The molecule has 0 heterocycles. The number of nitrogens with one attached hydrogen (secondary N) is 1. The fraction of sp³-hybridized carbons (Fsp3) is 0.600. The normalized spacial score (nSPS) is 12.2. The Hall–Kier alpha value is -0.780. The van der Waals surface area contributed by atoms with Crippen molar-refractivity contribution in [1.82, 2.24) is 5.32 Å². The lowest BCUT2D eigenvalue weighted by Gasteiger charge is -2.15. The highest BCUT2D eigenvalue weighted by atomic mass is 79.9. The highest BCUT2D eigenvalue weighted by Gasteiger charge is 2.11. The van der Waals surface area contributed by atoms with Crippen molar-refractivity contribution in [3.63, 3.8) is 0 Å². The molecule has 1 atom stereocenters. The summed E-state index contributed by atoms with van der Waals surface area (Å²) < 4.78 is 11.8. The van der Waals surface area contributed by atoms with Crippen LogP contribution in [-0.2, 0) is 6.54 Å². The predicted molar refractivity (Wildman–Crippen MR) is 84.4 cm³/mol. The van der Waals surface area contributed by atoms with E-state index in [1.165, 1.54) is 0 Å². The van der Waals surface area contributed by atoms with Crippen LogP contribution >= 0.6 is 15.9 Å². The van der Waals surface area contributed by atoms with Crippen LogP contribution in [0.2, 0.25) is 0 Å². The average Bonchev–Trinajstić information content (AvgIpc) is 2.41. The van der Waals surface area contributed by atoms with Crippen molar-refractivity contribution in [3.8, 4) is 11.5 Å². The molecule has 0 aliphatic heterocycles. The molecule has 114 valence electrons. The van der Waals surface area contributed by atoms with Gasteiger partial charge < -0.3 is 19.9 Å². The van der Waals surface area contributed by atoms with Crippen LogP contribution in [-0.4, -0.2) is 32.0 Å². The molecule has 0 aliphatic carbocycles. The van der Waals surface area contributed by atoms with Crippen LogP contribution in [0.3, 0.4) is 0 Å². The molecule has 0 saturated carbocycles. The van der Waals surface area contributed by atoms with E-state index in [2.05, 4.69) is 28.2 Å². The highest BCUT2D eigenvalue weighted by molar-refractivity contribution is 9.10. The van der Waals surface area contributed by atoms with Crippen LogP contribution in [0, 0.1) is 5.92 Å². The molecule has 4 nitrogen and oxygen atoms in total. The molecular formula is C15H24BrNO3. The number of hydrogen-bond donors (Lipinski definition) is 2. The van der Waals surface area contributed by atoms with Crippen molar-refractivity contribution in [2.24, 2.45) is 5.92 Å². The van der Waals surface area contributed by atoms with Gasteiger partial charge in [0.15, 0.2) is 11.5 Å². The number of halogens is 1. The minimum Gasteiger partial charge on any atom is -0.493 e. The molecule has 0 fully saturated rings. The Morgan fingerprint density at radius 2 is 2.15 bits per heavy atom. The molecule has 1 aromatic carbocycles. The van der Waals surface area contributed by atoms with E-state index in [0.29, 0.717) is 12.5 Å². The third kappa shape index (κ3) is 5.31. The highest BCUT2D eigenvalue weighted by Crippen LogP contribution is 2.36. The van der Waals surface area contributed by atoms with Crippen LogP contribution in [0.15, 0.2) is 16.6 Å². The van der Waals surface area contributed by atoms with Gasteiger partial charge in [-0.05, 0) is 59.4 Å². The lowest BCUT2D eigenvalue weighted by Crippen LogP contribution is -2.21. The maximum absolute atomic E-state index is 8.87. The van der Waals surface area contributed by atoms with E-state index >= 15 is 0 Å². The van der Waals surface area contributed by atoms with Crippen molar-refractivity contribution in [2.75, 3.05) is 26.9 Å². The Labute approximate surface area is 129 Å². The molecule has 0 radical (unpaired) electrons. The van der Waals surface area contributed by atoms with Crippen molar-refractivity contribution in [2.45, 2.75) is 26.8 Å². The zero-order valence-corrected chi connectivity index (χ0v) is 14.0. The summed E-state index contributed by atoms with van der Waals surface area (Å²) in [5.41, 5.74) is 1.13. The number of methoxy groups -OCH3 is 1. The van der Waals surface area contributed by atoms with Crippen LogP contribution in [0.25, 0.3) is 0 Å². The van der Waals surface area contributed by atoms with Gasteiger partial charge in [-0.25, -0.2) is 0 Å². The number of benzene rings is 1. The van der Waals surface area contributed by atoms with Crippen molar-refractivity contribution in [3.05, 3.63) is 22.2 Å². The molecule has 1 unspecified atom stereocenters. The van der Waals surface area contributed by atoms with Gasteiger partial charge in [0.1, 0.15) is 0 Å². The van der Waals surface area contributed by atoms with Crippen LogP contribution in [0.5, 0.6) is 11.5 Å². The number of aliphatic hydroxyl groups is 1. The summed E-state index contributed by atoms with van der Waals surface area (Å²) in [6.07, 6.45) is 0.823. The topological polar surface area (TPSA) is 50.7 Å².